The molecule has 0 radical (unpaired) electrons. The van der Waals surface area contributed by atoms with Crippen LogP contribution in [0.2, 0.25) is 0 Å². The molecule has 212 valence electrons. The van der Waals surface area contributed by atoms with Crippen molar-refractivity contribution in [2.45, 2.75) is 75.5 Å². The Morgan fingerprint density at radius 3 is 2.33 bits per heavy atom. The highest BCUT2D eigenvalue weighted by Crippen LogP contribution is 2.46. The lowest BCUT2D eigenvalue weighted by molar-refractivity contribution is -0.274. The van der Waals surface area contributed by atoms with Gasteiger partial charge >= 0.3 is 12.3 Å². The zero-order valence-electron chi connectivity index (χ0n) is 21.2. The Balaban J connectivity index is 1.22. The van der Waals surface area contributed by atoms with Crippen LogP contribution in [0.3, 0.4) is 0 Å². The second-order valence-corrected chi connectivity index (χ2v) is 10.6. The maximum atomic E-state index is 14.9. The average Bonchev–Trinajstić information content (AvgIpc) is 3.59. The summed E-state index contributed by atoms with van der Waals surface area (Å²) in [6.45, 7) is 0.297. The van der Waals surface area contributed by atoms with E-state index in [-0.39, 0.29) is 46.7 Å². The second kappa shape index (κ2) is 10.1. The fraction of sp³-hybridized carbons (Fsp3) is 0.429. The van der Waals surface area contributed by atoms with Crippen LogP contribution in [-0.2, 0) is 6.54 Å². The van der Waals surface area contributed by atoms with Gasteiger partial charge in [-0.15, -0.1) is 13.2 Å². The number of rotatable bonds is 8. The molecule has 2 aliphatic heterocycles. The van der Waals surface area contributed by atoms with Gasteiger partial charge in [0, 0.05) is 41.7 Å². The minimum atomic E-state index is -4.86. The van der Waals surface area contributed by atoms with Gasteiger partial charge in [0.25, 0.3) is 0 Å². The molecule has 2 bridgehead atoms. The fourth-order valence-corrected chi connectivity index (χ4v) is 6.14. The number of carboxylic acids is 1. The van der Waals surface area contributed by atoms with Crippen molar-refractivity contribution in [3.8, 4) is 17.0 Å². The van der Waals surface area contributed by atoms with Gasteiger partial charge < -0.3 is 24.6 Å². The Labute approximate surface area is 225 Å². The molecular formula is C28H26F5N3O4. The summed E-state index contributed by atoms with van der Waals surface area (Å²) in [7, 11) is 0. The van der Waals surface area contributed by atoms with Crippen molar-refractivity contribution < 1.29 is 41.1 Å². The molecule has 0 spiro atoms. The summed E-state index contributed by atoms with van der Waals surface area (Å²) in [5, 5.41) is 16.8. The third-order valence-corrected chi connectivity index (χ3v) is 7.96. The number of hydrogen-bond donors (Lipinski definition) is 2. The van der Waals surface area contributed by atoms with Crippen LogP contribution in [0, 0.1) is 11.6 Å². The van der Waals surface area contributed by atoms with Crippen LogP contribution in [0.5, 0.6) is 5.75 Å². The van der Waals surface area contributed by atoms with E-state index in [2.05, 4.69) is 15.2 Å². The number of piperidine rings is 1. The molecule has 3 aromatic rings. The van der Waals surface area contributed by atoms with E-state index in [0.29, 0.717) is 30.7 Å². The molecule has 3 heterocycles. The Morgan fingerprint density at radius 1 is 1.07 bits per heavy atom. The van der Waals surface area contributed by atoms with Gasteiger partial charge in [0.2, 0.25) is 0 Å². The van der Waals surface area contributed by atoms with E-state index in [1.165, 1.54) is 18.2 Å². The molecule has 7 nitrogen and oxygen atoms in total. The monoisotopic (exact) mass is 563 g/mol. The van der Waals surface area contributed by atoms with Crippen LogP contribution in [-0.4, -0.2) is 40.7 Å². The number of nitrogens with one attached hydrogen (secondary N) is 1. The van der Waals surface area contributed by atoms with Gasteiger partial charge in [-0.1, -0.05) is 17.3 Å². The van der Waals surface area contributed by atoms with E-state index in [4.69, 9.17) is 9.63 Å². The lowest BCUT2D eigenvalue weighted by Gasteiger charge is -2.41. The van der Waals surface area contributed by atoms with Crippen LogP contribution in [0.4, 0.5) is 27.6 Å². The van der Waals surface area contributed by atoms with Crippen molar-refractivity contribution in [1.82, 2.24) is 10.5 Å². The maximum absolute atomic E-state index is 14.9. The van der Waals surface area contributed by atoms with Crippen molar-refractivity contribution >= 4 is 11.7 Å². The molecule has 2 aromatic carbocycles. The van der Waals surface area contributed by atoms with E-state index >= 15 is 0 Å². The van der Waals surface area contributed by atoms with Crippen molar-refractivity contribution in [3.05, 3.63) is 64.9 Å². The molecule has 2 unspecified atom stereocenters. The minimum absolute atomic E-state index is 0.0189. The summed E-state index contributed by atoms with van der Waals surface area (Å²) in [4.78, 5) is 12.9. The number of benzene rings is 2. The van der Waals surface area contributed by atoms with Gasteiger partial charge in [0.1, 0.15) is 34.5 Å². The van der Waals surface area contributed by atoms with E-state index in [9.17, 15) is 26.7 Å². The molecule has 1 saturated carbocycles. The molecular weight excluding hydrogens is 537 g/mol. The van der Waals surface area contributed by atoms with Crippen molar-refractivity contribution in [1.29, 1.82) is 0 Å². The molecule has 2 N–H and O–H groups in total. The first-order valence-corrected chi connectivity index (χ1v) is 13.2. The van der Waals surface area contributed by atoms with Crippen LogP contribution in [0.25, 0.3) is 11.3 Å². The van der Waals surface area contributed by atoms with E-state index in [0.717, 1.165) is 37.8 Å². The summed E-state index contributed by atoms with van der Waals surface area (Å²) < 4.78 is 78.8. The van der Waals surface area contributed by atoms with Crippen LogP contribution in [0.1, 0.15) is 66.1 Å². The van der Waals surface area contributed by atoms with E-state index < -0.39 is 29.5 Å². The third-order valence-electron chi connectivity index (χ3n) is 7.96. The zero-order valence-corrected chi connectivity index (χ0v) is 21.2. The van der Waals surface area contributed by atoms with Crippen LogP contribution < -0.4 is 15.0 Å². The normalized spacial score (nSPS) is 22.5. The van der Waals surface area contributed by atoms with Crippen LogP contribution >= 0.6 is 0 Å². The van der Waals surface area contributed by atoms with Gasteiger partial charge in [-0.2, -0.15) is 0 Å². The lowest BCUT2D eigenvalue weighted by atomic mass is 9.95. The fourth-order valence-electron chi connectivity index (χ4n) is 6.14. The average molecular weight is 564 g/mol. The smallest absolute Gasteiger partial charge is 0.478 e. The highest BCUT2D eigenvalue weighted by Gasteiger charge is 2.43. The number of nitrogens with zero attached hydrogens (tertiary/aromatic N) is 2. The number of anilines is 1. The SMILES string of the molecule is O=C(O)c1cc(F)c(N2C3CCC2CC(NCc2c(-c4ccccc4OC(F)(F)F)noc2C2CC2)C3)c(F)c1. The number of hydrogen-bond acceptors (Lipinski definition) is 6. The molecule has 1 aromatic heterocycles. The van der Waals surface area contributed by atoms with Gasteiger partial charge in [0.05, 0.1) is 5.56 Å². The van der Waals surface area contributed by atoms with E-state index in [1.54, 1.807) is 11.0 Å². The molecule has 2 atom stereocenters. The molecule has 12 heteroatoms. The number of aromatic carboxylic acids is 1. The predicted molar refractivity (Wildman–Crippen MR) is 133 cm³/mol. The largest absolute Gasteiger partial charge is 0.573 e. The summed E-state index contributed by atoms with van der Waals surface area (Å²) in [5.41, 5.74) is 0.502. The lowest BCUT2D eigenvalue weighted by Crippen LogP contribution is -2.49. The standard InChI is InChI=1S/C28H26F5N3O4/c29-21-9-15(27(37)38)10-22(30)25(21)36-17-7-8-18(36)12-16(11-17)34-13-20-24(35-40-26(20)14-5-6-14)19-3-1-2-4-23(19)39-28(31,32)33/h1-4,9-10,14,16-18,34H,5-8,11-13H2,(H,37,38). The number of fused-ring (bicyclic) bond motifs is 2. The number of carbonyl (C=O) groups is 1. The molecule has 3 aliphatic rings. The minimum Gasteiger partial charge on any atom is -0.478 e. The van der Waals surface area contributed by atoms with Crippen LogP contribution in [0.15, 0.2) is 40.9 Å². The highest BCUT2D eigenvalue weighted by molar-refractivity contribution is 5.88. The first-order chi connectivity index (χ1) is 19.1. The van der Waals surface area contributed by atoms with Gasteiger partial charge in [-0.05, 0) is 62.8 Å². The van der Waals surface area contributed by atoms with E-state index in [1.807, 2.05) is 0 Å². The molecule has 0 amide bonds. The predicted octanol–water partition coefficient (Wildman–Crippen LogP) is 6.38. The van der Waals surface area contributed by atoms with Gasteiger partial charge in [0.15, 0.2) is 0 Å². The van der Waals surface area contributed by atoms with Crippen molar-refractivity contribution in [2.75, 3.05) is 4.90 Å². The second-order valence-electron chi connectivity index (χ2n) is 10.6. The summed E-state index contributed by atoms with van der Waals surface area (Å²) in [6.07, 6.45) is -0.414. The number of halogens is 5. The van der Waals surface area contributed by atoms with Crippen molar-refractivity contribution in [3.63, 3.8) is 0 Å². The topological polar surface area (TPSA) is 87.8 Å². The first kappa shape index (κ1) is 26.5. The third kappa shape index (κ3) is 5.12. The summed E-state index contributed by atoms with van der Waals surface area (Å²) in [6, 6.07) is 7.18. The quantitative estimate of drug-likeness (QED) is 0.308. The summed E-state index contributed by atoms with van der Waals surface area (Å²) >= 11 is 0. The Morgan fingerprint density at radius 2 is 1.73 bits per heavy atom. The maximum Gasteiger partial charge on any atom is 0.573 e. The summed E-state index contributed by atoms with van der Waals surface area (Å²) in [5.74, 6) is -2.76. The van der Waals surface area contributed by atoms with Gasteiger partial charge in [-0.3, -0.25) is 0 Å². The first-order valence-electron chi connectivity index (χ1n) is 13.2. The number of para-hydroxylation sites is 1. The Hall–Kier alpha value is -3.67. The highest BCUT2D eigenvalue weighted by atomic mass is 19.4. The van der Waals surface area contributed by atoms with Crippen molar-refractivity contribution in [2.24, 2.45) is 0 Å². The molecule has 3 fully saturated rings. The Bertz CT molecular complexity index is 1400. The van der Waals surface area contributed by atoms with Gasteiger partial charge in [-0.25, -0.2) is 13.6 Å². The Kier molecular flexibility index (Phi) is 6.68. The molecule has 6 rings (SSSR count). The number of alkyl halides is 3. The zero-order chi connectivity index (χ0) is 28.2. The number of carboxylic acid groups (broad SMARTS) is 1. The molecule has 40 heavy (non-hydrogen) atoms. The number of ether oxygens (including phenoxy) is 1. The molecule has 2 saturated heterocycles. The molecule has 1 aliphatic carbocycles. The number of aromatic nitrogens is 1.